The lowest BCUT2D eigenvalue weighted by molar-refractivity contribution is 0.467. The predicted molar refractivity (Wildman–Crippen MR) is 75.6 cm³/mol. The third-order valence-corrected chi connectivity index (χ3v) is 5.90. The Morgan fingerprint density at radius 1 is 1.47 bits per heavy atom. The summed E-state index contributed by atoms with van der Waals surface area (Å²) < 4.78 is 26.2. The highest BCUT2D eigenvalue weighted by atomic mass is 79.9. The minimum Gasteiger partial charge on any atom is -0.330 e. The highest BCUT2D eigenvalue weighted by Gasteiger charge is 2.17. The highest BCUT2D eigenvalue weighted by Crippen LogP contribution is 2.21. The quantitative estimate of drug-likeness (QED) is 0.772. The number of nitrogens with zero attached hydrogens (tertiary/aromatic N) is 1. The van der Waals surface area contributed by atoms with Crippen LogP contribution in [0.2, 0.25) is 0 Å². The van der Waals surface area contributed by atoms with Gasteiger partial charge in [0.15, 0.2) is 0 Å². The molecule has 1 heterocycles. The Bertz CT molecular complexity index is 445. The van der Waals surface area contributed by atoms with Crippen LogP contribution >= 0.6 is 27.3 Å². The first-order valence-corrected chi connectivity index (χ1v) is 8.61. The maximum Gasteiger partial charge on any atom is 0.214 e. The van der Waals surface area contributed by atoms with Crippen molar-refractivity contribution in [1.82, 2.24) is 4.31 Å². The van der Waals surface area contributed by atoms with E-state index in [9.17, 15) is 8.42 Å². The third kappa shape index (κ3) is 5.05. The van der Waals surface area contributed by atoms with Gasteiger partial charge in [-0.25, -0.2) is 8.42 Å². The second-order valence-electron chi connectivity index (χ2n) is 3.80. The van der Waals surface area contributed by atoms with E-state index in [-0.39, 0.29) is 5.75 Å². The van der Waals surface area contributed by atoms with Crippen LogP contribution in [0.4, 0.5) is 0 Å². The van der Waals surface area contributed by atoms with E-state index in [0.717, 1.165) is 15.8 Å². The molecule has 0 fully saturated rings. The van der Waals surface area contributed by atoms with Gasteiger partial charge in [-0.2, -0.15) is 4.31 Å². The van der Waals surface area contributed by atoms with Crippen LogP contribution in [-0.4, -0.2) is 32.1 Å². The van der Waals surface area contributed by atoms with E-state index in [0.29, 0.717) is 19.5 Å². The molecule has 0 saturated carbocycles. The van der Waals surface area contributed by atoms with Gasteiger partial charge < -0.3 is 5.73 Å². The van der Waals surface area contributed by atoms with Gasteiger partial charge in [-0.05, 0) is 41.4 Å². The summed E-state index contributed by atoms with van der Waals surface area (Å²) in [7, 11) is -1.54. The molecule has 0 atom stereocenters. The topological polar surface area (TPSA) is 63.4 Å². The van der Waals surface area contributed by atoms with E-state index in [4.69, 9.17) is 5.73 Å². The molecule has 0 bridgehead atoms. The van der Waals surface area contributed by atoms with Crippen molar-refractivity contribution in [2.75, 3.05) is 19.3 Å². The molecule has 0 unspecified atom stereocenters. The van der Waals surface area contributed by atoms with E-state index >= 15 is 0 Å². The monoisotopic (exact) mass is 340 g/mol. The van der Waals surface area contributed by atoms with Crippen LogP contribution in [0.25, 0.3) is 0 Å². The molecule has 0 aliphatic carbocycles. The predicted octanol–water partition coefficient (Wildman–Crippen LogP) is 2.01. The minimum atomic E-state index is -3.15. The molecule has 1 rings (SSSR count). The van der Waals surface area contributed by atoms with Crippen LogP contribution in [0, 0.1) is 0 Å². The Morgan fingerprint density at radius 3 is 2.71 bits per heavy atom. The summed E-state index contributed by atoms with van der Waals surface area (Å²) in [6.45, 7) is 0.971. The highest BCUT2D eigenvalue weighted by molar-refractivity contribution is 9.10. The van der Waals surface area contributed by atoms with Gasteiger partial charge in [-0.1, -0.05) is 0 Å². The zero-order chi connectivity index (χ0) is 12.9. The molecule has 98 valence electrons. The van der Waals surface area contributed by atoms with Crippen molar-refractivity contribution in [3.63, 3.8) is 0 Å². The fourth-order valence-corrected chi connectivity index (χ4v) is 4.14. The summed E-state index contributed by atoms with van der Waals surface area (Å²) >= 11 is 4.90. The molecule has 0 aromatic carbocycles. The Morgan fingerprint density at radius 2 is 2.18 bits per heavy atom. The van der Waals surface area contributed by atoms with E-state index in [1.54, 1.807) is 18.4 Å². The molecule has 2 N–H and O–H groups in total. The molecule has 1 aromatic rings. The standard InChI is InChI=1S/C10H17BrN2O2S2/c1-13(7-10-6-9(11)8-16-10)17(14,15)5-3-2-4-12/h6,8H,2-5,7,12H2,1H3. The number of thiophene rings is 1. The van der Waals surface area contributed by atoms with Gasteiger partial charge in [0.1, 0.15) is 0 Å². The minimum absolute atomic E-state index is 0.174. The maximum absolute atomic E-state index is 11.9. The van der Waals surface area contributed by atoms with Gasteiger partial charge >= 0.3 is 0 Å². The average molecular weight is 341 g/mol. The van der Waals surface area contributed by atoms with E-state index in [2.05, 4.69) is 15.9 Å². The molecular formula is C10H17BrN2O2S2. The molecule has 0 amide bonds. The molecule has 1 aromatic heterocycles. The van der Waals surface area contributed by atoms with Gasteiger partial charge in [0.25, 0.3) is 0 Å². The molecule has 7 heteroatoms. The van der Waals surface area contributed by atoms with Crippen molar-refractivity contribution in [3.8, 4) is 0 Å². The van der Waals surface area contributed by atoms with Crippen LogP contribution in [0.3, 0.4) is 0 Å². The normalized spacial score (nSPS) is 12.2. The third-order valence-electron chi connectivity index (χ3n) is 2.33. The van der Waals surface area contributed by atoms with E-state index in [1.165, 1.54) is 4.31 Å². The lowest BCUT2D eigenvalue weighted by Crippen LogP contribution is -2.28. The Hall–Kier alpha value is 0.0500. The number of hydrogen-bond donors (Lipinski definition) is 1. The van der Waals surface area contributed by atoms with Crippen LogP contribution in [0.5, 0.6) is 0 Å². The summed E-state index contributed by atoms with van der Waals surface area (Å²) in [5.41, 5.74) is 5.35. The van der Waals surface area contributed by atoms with Crippen LogP contribution < -0.4 is 5.73 Å². The smallest absolute Gasteiger partial charge is 0.214 e. The lowest BCUT2D eigenvalue weighted by atomic mass is 10.3. The molecule has 0 aliphatic heterocycles. The van der Waals surface area contributed by atoms with Crippen molar-refractivity contribution < 1.29 is 8.42 Å². The molecule has 0 aliphatic rings. The van der Waals surface area contributed by atoms with Crippen molar-refractivity contribution >= 4 is 37.3 Å². The maximum atomic E-state index is 11.9. The van der Waals surface area contributed by atoms with Crippen LogP contribution in [-0.2, 0) is 16.6 Å². The summed E-state index contributed by atoms with van der Waals surface area (Å²) in [4.78, 5) is 1.03. The second kappa shape index (κ2) is 6.84. The number of halogens is 1. The van der Waals surface area contributed by atoms with Gasteiger partial charge in [0.2, 0.25) is 10.0 Å². The number of sulfonamides is 1. The van der Waals surface area contributed by atoms with Gasteiger partial charge in [0, 0.05) is 28.3 Å². The molecule has 0 radical (unpaired) electrons. The first-order chi connectivity index (χ1) is 7.95. The number of rotatable bonds is 7. The molecule has 17 heavy (non-hydrogen) atoms. The van der Waals surface area contributed by atoms with Crippen molar-refractivity contribution in [2.24, 2.45) is 5.73 Å². The largest absolute Gasteiger partial charge is 0.330 e. The van der Waals surface area contributed by atoms with Gasteiger partial charge in [-0.15, -0.1) is 11.3 Å². The second-order valence-corrected chi connectivity index (χ2v) is 7.91. The van der Waals surface area contributed by atoms with Crippen molar-refractivity contribution in [2.45, 2.75) is 19.4 Å². The summed E-state index contributed by atoms with van der Waals surface area (Å²) in [6, 6.07) is 1.94. The summed E-state index contributed by atoms with van der Waals surface area (Å²) in [5, 5.41) is 1.95. The number of hydrogen-bond acceptors (Lipinski definition) is 4. The van der Waals surface area contributed by atoms with Gasteiger partial charge in [0.05, 0.1) is 5.75 Å². The fourth-order valence-electron chi connectivity index (χ4n) is 1.34. The SMILES string of the molecule is CN(Cc1cc(Br)cs1)S(=O)(=O)CCCCN. The molecule has 4 nitrogen and oxygen atoms in total. The van der Waals surface area contributed by atoms with E-state index in [1.807, 2.05) is 11.4 Å². The zero-order valence-electron chi connectivity index (χ0n) is 9.73. The lowest BCUT2D eigenvalue weighted by Gasteiger charge is -2.16. The average Bonchev–Trinajstić information content (AvgIpc) is 2.64. The van der Waals surface area contributed by atoms with Crippen molar-refractivity contribution in [3.05, 3.63) is 20.8 Å². The summed E-state index contributed by atoms with van der Waals surface area (Å²) in [6.07, 6.45) is 1.37. The van der Waals surface area contributed by atoms with E-state index < -0.39 is 10.0 Å². The zero-order valence-corrected chi connectivity index (χ0v) is 12.9. The van der Waals surface area contributed by atoms with Crippen LogP contribution in [0.15, 0.2) is 15.9 Å². The first kappa shape index (κ1) is 15.1. The molecular weight excluding hydrogens is 324 g/mol. The Labute approximate surface area is 115 Å². The first-order valence-electron chi connectivity index (χ1n) is 5.32. The number of nitrogens with two attached hydrogens (primary N) is 1. The fraction of sp³-hybridized carbons (Fsp3) is 0.600. The molecule has 0 spiro atoms. The molecule has 0 saturated heterocycles. The number of unbranched alkanes of at least 4 members (excludes halogenated alkanes) is 1. The summed E-state index contributed by atoms with van der Waals surface area (Å²) in [5.74, 6) is 0.174. The Kier molecular flexibility index (Phi) is 6.08. The van der Waals surface area contributed by atoms with Crippen LogP contribution in [0.1, 0.15) is 17.7 Å². The van der Waals surface area contributed by atoms with Gasteiger partial charge in [-0.3, -0.25) is 0 Å². The Balaban J connectivity index is 2.53. The van der Waals surface area contributed by atoms with Crippen molar-refractivity contribution in [1.29, 1.82) is 0 Å².